The Balaban J connectivity index is -0.000000150. The Morgan fingerprint density at radius 3 is 2.19 bits per heavy atom. The predicted molar refractivity (Wildman–Crippen MR) is 112 cm³/mol. The fourth-order valence-corrected chi connectivity index (χ4v) is 2.66. The third-order valence-electron chi connectivity index (χ3n) is 4.03. The Labute approximate surface area is 159 Å². The average molecular weight is 375 g/mol. The number of imidazole rings is 1. The summed E-state index contributed by atoms with van der Waals surface area (Å²) in [4.78, 5) is 7.29. The molecule has 9 N–H and O–H groups in total. The Bertz CT molecular complexity index is 456. The van der Waals surface area contributed by atoms with Crippen molar-refractivity contribution in [3.05, 3.63) is 29.9 Å². The molecule has 0 aliphatic heterocycles. The van der Waals surface area contributed by atoms with E-state index in [1.807, 2.05) is 20.0 Å². The molecule has 1 aromatic heterocycles. The molecule has 6 nitrogen and oxygen atoms in total. The van der Waals surface area contributed by atoms with Crippen molar-refractivity contribution < 1.29 is 21.9 Å². The largest absolute Gasteiger partial charge is 0.412 e. The lowest BCUT2D eigenvalue weighted by molar-refractivity contribution is 0.455. The molecule has 1 aliphatic carbocycles. The minimum absolute atomic E-state index is 0. The van der Waals surface area contributed by atoms with Gasteiger partial charge in [-0.3, -0.25) is 0 Å². The summed E-state index contributed by atoms with van der Waals surface area (Å²) >= 11 is 0. The van der Waals surface area contributed by atoms with Gasteiger partial charge >= 0.3 is 0 Å². The van der Waals surface area contributed by atoms with Gasteiger partial charge in [-0.05, 0) is 58.3 Å². The van der Waals surface area contributed by atoms with Crippen LogP contribution in [-0.4, -0.2) is 31.9 Å². The normalized spacial score (nSPS) is 13.8. The van der Waals surface area contributed by atoms with Crippen molar-refractivity contribution in [3.8, 4) is 11.8 Å². The highest BCUT2D eigenvalue weighted by Gasteiger charge is 2.15. The Morgan fingerprint density at radius 2 is 1.77 bits per heavy atom. The monoisotopic (exact) mass is 374 g/mol. The maximum absolute atomic E-state index is 4.08. The van der Waals surface area contributed by atoms with Crippen LogP contribution in [0.25, 0.3) is 0 Å². The SMILES string of the molecule is C.CC#CC.CCCCCC1=CCC(Cc2cnc[nH]2)CC1.O.O.O.O. The minimum Gasteiger partial charge on any atom is -0.412 e. The van der Waals surface area contributed by atoms with E-state index < -0.39 is 0 Å². The first kappa shape index (κ1) is 35.5. The van der Waals surface area contributed by atoms with Crippen LogP contribution in [0.3, 0.4) is 0 Å². The van der Waals surface area contributed by atoms with Crippen LogP contribution >= 0.6 is 0 Å². The lowest BCUT2D eigenvalue weighted by atomic mass is 9.85. The van der Waals surface area contributed by atoms with Gasteiger partial charge in [0.05, 0.1) is 6.33 Å². The van der Waals surface area contributed by atoms with E-state index in [9.17, 15) is 0 Å². The quantitative estimate of drug-likeness (QED) is 0.453. The Kier molecular flexibility index (Phi) is 31.8. The van der Waals surface area contributed by atoms with Crippen molar-refractivity contribution in [2.45, 2.75) is 79.6 Å². The summed E-state index contributed by atoms with van der Waals surface area (Å²) in [6.45, 7) is 5.91. The van der Waals surface area contributed by atoms with E-state index in [-0.39, 0.29) is 29.3 Å². The molecule has 0 saturated carbocycles. The molecule has 0 radical (unpaired) electrons. The van der Waals surface area contributed by atoms with Crippen molar-refractivity contribution in [2.24, 2.45) is 5.92 Å². The predicted octanol–water partition coefficient (Wildman–Crippen LogP) is 2.63. The van der Waals surface area contributed by atoms with Gasteiger partial charge in [-0.25, -0.2) is 4.98 Å². The molecule has 1 unspecified atom stereocenters. The van der Waals surface area contributed by atoms with Gasteiger partial charge in [-0.15, -0.1) is 11.8 Å². The molecule has 1 heterocycles. The van der Waals surface area contributed by atoms with E-state index in [1.165, 1.54) is 57.1 Å². The first-order chi connectivity index (χ1) is 10.3. The summed E-state index contributed by atoms with van der Waals surface area (Å²) in [7, 11) is 0. The Hall–Kier alpha value is -1.65. The first-order valence-electron chi connectivity index (χ1n) is 8.28. The van der Waals surface area contributed by atoms with Crippen molar-refractivity contribution in [2.75, 3.05) is 0 Å². The molecule has 156 valence electrons. The second kappa shape index (κ2) is 23.4. The maximum Gasteiger partial charge on any atom is 0.0921 e. The molecule has 0 saturated heterocycles. The van der Waals surface area contributed by atoms with E-state index in [0.29, 0.717) is 0 Å². The molecule has 0 amide bonds. The number of hydrogen-bond acceptors (Lipinski definition) is 1. The van der Waals surface area contributed by atoms with E-state index in [4.69, 9.17) is 0 Å². The lowest BCUT2D eigenvalue weighted by Gasteiger charge is -2.21. The molecule has 26 heavy (non-hydrogen) atoms. The zero-order valence-electron chi connectivity index (χ0n) is 15.9. The molecule has 0 fully saturated rings. The fourth-order valence-electron chi connectivity index (χ4n) is 2.66. The third kappa shape index (κ3) is 15.9. The lowest BCUT2D eigenvalue weighted by Crippen LogP contribution is -2.09. The number of allylic oxidation sites excluding steroid dienone is 2. The van der Waals surface area contributed by atoms with Crippen LogP contribution in [0.1, 0.15) is 78.8 Å². The summed E-state index contributed by atoms with van der Waals surface area (Å²) in [6, 6.07) is 0. The summed E-state index contributed by atoms with van der Waals surface area (Å²) in [6.07, 6.45) is 16.8. The number of H-pyrrole nitrogens is 1. The highest BCUT2D eigenvalue weighted by atomic mass is 16.0. The zero-order chi connectivity index (χ0) is 15.3. The number of aromatic amines is 1. The van der Waals surface area contributed by atoms with Crippen molar-refractivity contribution >= 4 is 0 Å². The zero-order valence-corrected chi connectivity index (χ0v) is 15.9. The first-order valence-corrected chi connectivity index (χ1v) is 8.28. The van der Waals surface area contributed by atoms with Crippen LogP contribution in [0.15, 0.2) is 24.2 Å². The van der Waals surface area contributed by atoms with Gasteiger partial charge < -0.3 is 26.9 Å². The van der Waals surface area contributed by atoms with Gasteiger partial charge in [0.15, 0.2) is 0 Å². The van der Waals surface area contributed by atoms with Crippen molar-refractivity contribution in [1.29, 1.82) is 0 Å². The number of hydrogen-bond donors (Lipinski definition) is 1. The number of rotatable bonds is 6. The number of unbranched alkanes of at least 4 members (excludes halogenated alkanes) is 2. The molecule has 0 aromatic carbocycles. The van der Waals surface area contributed by atoms with Gasteiger partial charge in [0.1, 0.15) is 0 Å². The fraction of sp³-hybridized carbons (Fsp3) is 0.650. The molecular formula is C20H42N2O4. The third-order valence-corrected chi connectivity index (χ3v) is 4.03. The highest BCUT2D eigenvalue weighted by molar-refractivity contribution is 5.08. The summed E-state index contributed by atoms with van der Waals surface area (Å²) in [5.74, 6) is 6.19. The highest BCUT2D eigenvalue weighted by Crippen LogP contribution is 2.28. The average Bonchev–Trinajstić information content (AvgIpc) is 3.02. The standard InChI is InChI=1S/C15H24N2.C4H6.CH4.4H2O/c1-2-3-4-5-13-6-8-14(9-7-13)10-15-11-16-12-17-15;1-3-4-2;;;;;/h6,11-12,14H,2-5,7-10H2,1H3,(H,16,17);1-2H3;1H4;4*1H2. The second-order valence-corrected chi connectivity index (χ2v) is 5.74. The van der Waals surface area contributed by atoms with Gasteiger partial charge in [0.25, 0.3) is 0 Å². The number of nitrogens with zero attached hydrogens (tertiary/aromatic N) is 1. The van der Waals surface area contributed by atoms with Crippen LogP contribution in [0.5, 0.6) is 0 Å². The van der Waals surface area contributed by atoms with E-state index in [1.54, 1.807) is 11.9 Å². The van der Waals surface area contributed by atoms with Crippen LogP contribution in [0.4, 0.5) is 0 Å². The van der Waals surface area contributed by atoms with Gasteiger partial charge in [-0.2, -0.15) is 0 Å². The van der Waals surface area contributed by atoms with Gasteiger partial charge in [-0.1, -0.05) is 38.8 Å². The molecule has 0 spiro atoms. The van der Waals surface area contributed by atoms with E-state index in [0.717, 1.165) is 5.92 Å². The van der Waals surface area contributed by atoms with Crippen LogP contribution in [-0.2, 0) is 6.42 Å². The van der Waals surface area contributed by atoms with Crippen LogP contribution in [0.2, 0.25) is 0 Å². The van der Waals surface area contributed by atoms with Crippen molar-refractivity contribution in [3.63, 3.8) is 0 Å². The number of aromatic nitrogens is 2. The molecule has 1 aliphatic rings. The van der Waals surface area contributed by atoms with E-state index >= 15 is 0 Å². The van der Waals surface area contributed by atoms with Crippen molar-refractivity contribution in [1.82, 2.24) is 9.97 Å². The van der Waals surface area contributed by atoms with Crippen LogP contribution < -0.4 is 0 Å². The molecule has 1 aromatic rings. The molecular weight excluding hydrogens is 332 g/mol. The molecule has 2 rings (SSSR count). The molecule has 6 heteroatoms. The summed E-state index contributed by atoms with van der Waals surface area (Å²) in [5.41, 5.74) is 3.00. The molecule has 0 bridgehead atoms. The van der Waals surface area contributed by atoms with Gasteiger partial charge in [0, 0.05) is 11.9 Å². The summed E-state index contributed by atoms with van der Waals surface area (Å²) in [5, 5.41) is 0. The van der Waals surface area contributed by atoms with E-state index in [2.05, 4.69) is 34.8 Å². The molecule has 1 atom stereocenters. The summed E-state index contributed by atoms with van der Waals surface area (Å²) < 4.78 is 0. The number of nitrogens with one attached hydrogen (secondary N) is 1. The topological polar surface area (TPSA) is 155 Å². The maximum atomic E-state index is 4.08. The van der Waals surface area contributed by atoms with Crippen LogP contribution in [0, 0.1) is 17.8 Å². The Morgan fingerprint density at radius 1 is 1.12 bits per heavy atom. The smallest absolute Gasteiger partial charge is 0.0921 e. The minimum atomic E-state index is 0. The van der Waals surface area contributed by atoms with Gasteiger partial charge in [0.2, 0.25) is 0 Å². The second-order valence-electron chi connectivity index (χ2n) is 5.74.